The number of aromatic nitrogens is 1. The van der Waals surface area contributed by atoms with E-state index in [1.807, 2.05) is 6.07 Å². The average molecular weight is 225 g/mol. The molecule has 1 saturated carbocycles. The Labute approximate surface area is 96.1 Å². The topological polar surface area (TPSA) is 24.9 Å². The first-order chi connectivity index (χ1) is 7.14. The van der Waals surface area contributed by atoms with Crippen molar-refractivity contribution in [1.82, 2.24) is 4.98 Å². The third kappa shape index (κ3) is 2.25. The molecule has 0 amide bonds. The molecule has 0 bridgehead atoms. The van der Waals surface area contributed by atoms with E-state index in [9.17, 15) is 0 Å². The Kier molecular flexibility index (Phi) is 2.87. The number of rotatable bonds is 4. The van der Waals surface area contributed by atoms with Gasteiger partial charge in [0.2, 0.25) is 0 Å². The van der Waals surface area contributed by atoms with E-state index >= 15 is 0 Å². The van der Waals surface area contributed by atoms with Gasteiger partial charge in [-0.15, -0.1) is 0 Å². The highest BCUT2D eigenvalue weighted by Crippen LogP contribution is 2.51. The maximum Gasteiger partial charge on any atom is 0.0820 e. The van der Waals surface area contributed by atoms with E-state index in [1.165, 1.54) is 12.8 Å². The summed E-state index contributed by atoms with van der Waals surface area (Å²) in [6.45, 7) is 5.61. The van der Waals surface area contributed by atoms with E-state index in [0.29, 0.717) is 10.4 Å². The van der Waals surface area contributed by atoms with Crippen molar-refractivity contribution < 1.29 is 0 Å². The lowest BCUT2D eigenvalue weighted by molar-refractivity contribution is 0.380. The van der Waals surface area contributed by atoms with Crippen molar-refractivity contribution in [3.63, 3.8) is 0 Å². The lowest BCUT2D eigenvalue weighted by Gasteiger charge is -2.21. The number of halogens is 1. The van der Waals surface area contributed by atoms with Crippen LogP contribution < -0.4 is 5.32 Å². The van der Waals surface area contributed by atoms with Gasteiger partial charge in [-0.05, 0) is 30.2 Å². The number of pyridine rings is 1. The summed E-state index contributed by atoms with van der Waals surface area (Å²) in [5.41, 5.74) is 1.51. The molecule has 82 valence electrons. The maximum absolute atomic E-state index is 6.03. The van der Waals surface area contributed by atoms with Crippen LogP contribution in [-0.4, -0.2) is 11.5 Å². The normalized spacial score (nSPS) is 17.9. The zero-order chi connectivity index (χ0) is 10.9. The Hall–Kier alpha value is -0.760. The van der Waals surface area contributed by atoms with Crippen molar-refractivity contribution in [3.8, 4) is 0 Å². The van der Waals surface area contributed by atoms with Gasteiger partial charge in [0.1, 0.15) is 0 Å². The predicted molar refractivity (Wildman–Crippen MR) is 64.2 cm³/mol. The van der Waals surface area contributed by atoms with Gasteiger partial charge in [0.05, 0.1) is 10.7 Å². The first-order valence-corrected chi connectivity index (χ1v) is 5.85. The quantitative estimate of drug-likeness (QED) is 0.846. The van der Waals surface area contributed by atoms with Crippen LogP contribution in [-0.2, 0) is 0 Å². The summed E-state index contributed by atoms with van der Waals surface area (Å²) in [5, 5.41) is 4.13. The Bertz CT molecular complexity index is 345. The molecule has 1 aliphatic carbocycles. The van der Waals surface area contributed by atoms with Gasteiger partial charge in [-0.2, -0.15) is 0 Å². The molecule has 2 rings (SSSR count). The van der Waals surface area contributed by atoms with Gasteiger partial charge in [-0.1, -0.05) is 25.4 Å². The Morgan fingerprint density at radius 2 is 2.27 bits per heavy atom. The van der Waals surface area contributed by atoms with Crippen molar-refractivity contribution >= 4 is 17.3 Å². The van der Waals surface area contributed by atoms with Gasteiger partial charge in [0.15, 0.2) is 0 Å². The van der Waals surface area contributed by atoms with Crippen LogP contribution in [0.2, 0.25) is 5.02 Å². The van der Waals surface area contributed by atoms with Crippen molar-refractivity contribution in [2.24, 2.45) is 11.3 Å². The lowest BCUT2D eigenvalue weighted by Crippen LogP contribution is -2.20. The number of nitrogens with zero attached hydrogens (tertiary/aromatic N) is 1. The third-order valence-electron chi connectivity index (χ3n) is 3.52. The molecule has 0 aromatic carbocycles. The van der Waals surface area contributed by atoms with Gasteiger partial charge in [0.25, 0.3) is 0 Å². The van der Waals surface area contributed by atoms with Crippen LogP contribution >= 0.6 is 11.6 Å². The fraction of sp³-hybridized carbons (Fsp3) is 0.583. The number of hydrogen-bond donors (Lipinski definition) is 1. The summed E-state index contributed by atoms with van der Waals surface area (Å²) in [5.74, 6) is 0.741. The summed E-state index contributed by atoms with van der Waals surface area (Å²) in [6, 6.07) is 1.93. The van der Waals surface area contributed by atoms with Crippen molar-refractivity contribution in [1.29, 1.82) is 0 Å². The summed E-state index contributed by atoms with van der Waals surface area (Å²) >= 11 is 6.03. The monoisotopic (exact) mass is 224 g/mol. The van der Waals surface area contributed by atoms with Crippen LogP contribution in [0.3, 0.4) is 0 Å². The van der Waals surface area contributed by atoms with E-state index < -0.39 is 0 Å². The van der Waals surface area contributed by atoms with Crippen LogP contribution in [0, 0.1) is 11.3 Å². The Balaban J connectivity index is 1.97. The fourth-order valence-electron chi connectivity index (χ4n) is 1.91. The van der Waals surface area contributed by atoms with E-state index in [4.69, 9.17) is 11.6 Å². The fourth-order valence-corrected chi connectivity index (χ4v) is 2.09. The molecule has 1 aromatic rings. The SMILES string of the molecule is CC(C)C1(CNc2ccncc2Cl)CC1. The van der Waals surface area contributed by atoms with E-state index in [1.54, 1.807) is 12.4 Å². The predicted octanol–water partition coefficient (Wildman–Crippen LogP) is 3.58. The second-order valence-corrected chi connectivity index (χ2v) is 5.13. The van der Waals surface area contributed by atoms with Crippen LogP contribution in [0.5, 0.6) is 0 Å². The average Bonchev–Trinajstić information content (AvgIpc) is 2.98. The second kappa shape index (κ2) is 4.01. The molecule has 0 atom stereocenters. The van der Waals surface area contributed by atoms with Gasteiger partial charge in [0, 0.05) is 18.9 Å². The third-order valence-corrected chi connectivity index (χ3v) is 3.82. The van der Waals surface area contributed by atoms with Gasteiger partial charge in [-0.3, -0.25) is 4.98 Å². The minimum Gasteiger partial charge on any atom is -0.383 e. The van der Waals surface area contributed by atoms with Gasteiger partial charge < -0.3 is 5.32 Å². The molecule has 0 spiro atoms. The highest BCUT2D eigenvalue weighted by Gasteiger charge is 2.44. The highest BCUT2D eigenvalue weighted by molar-refractivity contribution is 6.33. The summed E-state index contributed by atoms with van der Waals surface area (Å²) in [6.07, 6.45) is 6.11. The summed E-state index contributed by atoms with van der Waals surface area (Å²) < 4.78 is 0. The zero-order valence-corrected chi connectivity index (χ0v) is 10.0. The molecule has 0 unspecified atom stereocenters. The van der Waals surface area contributed by atoms with Crippen LogP contribution in [0.1, 0.15) is 26.7 Å². The summed E-state index contributed by atoms with van der Waals surface area (Å²) in [7, 11) is 0. The van der Waals surface area contributed by atoms with Crippen molar-refractivity contribution in [2.45, 2.75) is 26.7 Å². The molecular weight excluding hydrogens is 208 g/mol. The molecule has 0 aliphatic heterocycles. The van der Waals surface area contributed by atoms with Crippen LogP contribution in [0.25, 0.3) is 0 Å². The van der Waals surface area contributed by atoms with Crippen LogP contribution in [0.15, 0.2) is 18.5 Å². The lowest BCUT2D eigenvalue weighted by atomic mass is 9.92. The molecule has 15 heavy (non-hydrogen) atoms. The van der Waals surface area contributed by atoms with Gasteiger partial charge in [-0.25, -0.2) is 0 Å². The largest absolute Gasteiger partial charge is 0.383 e. The number of hydrogen-bond acceptors (Lipinski definition) is 2. The molecule has 2 nitrogen and oxygen atoms in total. The maximum atomic E-state index is 6.03. The Morgan fingerprint density at radius 1 is 1.53 bits per heavy atom. The molecule has 1 aliphatic rings. The van der Waals surface area contributed by atoms with E-state index in [-0.39, 0.29) is 0 Å². The minimum atomic E-state index is 0.507. The number of anilines is 1. The number of nitrogens with one attached hydrogen (secondary N) is 1. The molecule has 0 radical (unpaired) electrons. The first-order valence-electron chi connectivity index (χ1n) is 5.47. The standard InChI is InChI=1S/C12H17ClN2/c1-9(2)12(4-5-12)8-15-11-3-6-14-7-10(11)13/h3,6-7,9H,4-5,8H2,1-2H3,(H,14,15). The summed E-state index contributed by atoms with van der Waals surface area (Å²) in [4.78, 5) is 3.97. The van der Waals surface area contributed by atoms with Crippen molar-refractivity contribution in [3.05, 3.63) is 23.5 Å². The first kappa shape index (κ1) is 10.7. The van der Waals surface area contributed by atoms with E-state index in [2.05, 4.69) is 24.1 Å². The van der Waals surface area contributed by atoms with Crippen LogP contribution in [0.4, 0.5) is 5.69 Å². The van der Waals surface area contributed by atoms with Gasteiger partial charge >= 0.3 is 0 Å². The molecule has 3 heteroatoms. The zero-order valence-electron chi connectivity index (χ0n) is 9.26. The second-order valence-electron chi connectivity index (χ2n) is 4.73. The molecule has 1 heterocycles. The molecular formula is C12H17ClN2. The van der Waals surface area contributed by atoms with E-state index in [0.717, 1.165) is 18.2 Å². The molecule has 1 aromatic heterocycles. The smallest absolute Gasteiger partial charge is 0.0820 e. The van der Waals surface area contributed by atoms with Crippen molar-refractivity contribution in [2.75, 3.05) is 11.9 Å². The molecule has 1 N–H and O–H groups in total. The minimum absolute atomic E-state index is 0.507. The molecule has 1 fully saturated rings. The highest BCUT2D eigenvalue weighted by atomic mass is 35.5. The Morgan fingerprint density at radius 3 is 2.80 bits per heavy atom. The molecule has 0 saturated heterocycles.